The van der Waals surface area contributed by atoms with Crippen LogP contribution in [0, 0.1) is 6.92 Å². The van der Waals surface area contributed by atoms with Gasteiger partial charge in [-0.05, 0) is 58.6 Å². The van der Waals surface area contributed by atoms with Crippen LogP contribution in [0.2, 0.25) is 0 Å². The van der Waals surface area contributed by atoms with Crippen LogP contribution in [0.3, 0.4) is 0 Å². The number of hydrogen-bond donors (Lipinski definition) is 1. The highest BCUT2D eigenvalue weighted by atomic mass is 32.2. The number of amides is 1. The fourth-order valence-corrected chi connectivity index (χ4v) is 6.12. The summed E-state index contributed by atoms with van der Waals surface area (Å²) in [6.45, 7) is 3.22. The zero-order chi connectivity index (χ0) is 24.5. The lowest BCUT2D eigenvalue weighted by Crippen LogP contribution is -2.28. The molecule has 1 aliphatic heterocycles. The first kappa shape index (κ1) is 24.2. The van der Waals surface area contributed by atoms with Gasteiger partial charge in [-0.3, -0.25) is 4.79 Å². The molecule has 1 saturated heterocycles. The van der Waals surface area contributed by atoms with E-state index >= 15 is 0 Å². The van der Waals surface area contributed by atoms with Crippen LogP contribution in [0.15, 0.2) is 30.3 Å². The van der Waals surface area contributed by atoms with Gasteiger partial charge in [-0.25, -0.2) is 18.4 Å². The van der Waals surface area contributed by atoms with Gasteiger partial charge < -0.3 is 19.5 Å². The highest BCUT2D eigenvalue weighted by Gasteiger charge is 2.32. The number of ether oxygens (including phenoxy) is 1. The molecule has 0 radical (unpaired) electrons. The number of nitrogens with one attached hydrogen (secondary N) is 1. The van der Waals surface area contributed by atoms with Crippen molar-refractivity contribution in [3.05, 3.63) is 41.9 Å². The molecule has 3 aromatic rings. The van der Waals surface area contributed by atoms with Crippen LogP contribution in [0.4, 0.5) is 0 Å². The normalized spacial score (nSPS) is 17.4. The van der Waals surface area contributed by atoms with Crippen molar-refractivity contribution in [2.45, 2.75) is 25.8 Å². The number of pyridine rings is 1. The predicted octanol–water partition coefficient (Wildman–Crippen LogP) is 2.46. The van der Waals surface area contributed by atoms with Crippen molar-refractivity contribution in [2.24, 2.45) is 0 Å². The van der Waals surface area contributed by atoms with Crippen LogP contribution in [0.1, 0.15) is 35.2 Å². The number of rotatable bonds is 8. The van der Waals surface area contributed by atoms with Crippen LogP contribution in [-0.2, 0) is 9.84 Å². The van der Waals surface area contributed by atoms with Crippen LogP contribution < -0.4 is 10.1 Å². The Hall–Kier alpha value is -2.98. The van der Waals surface area contributed by atoms with Gasteiger partial charge in [-0.1, -0.05) is 12.1 Å². The largest absolute Gasteiger partial charge is 0.497 e. The minimum Gasteiger partial charge on any atom is -0.497 e. The molecule has 1 fully saturated rings. The van der Waals surface area contributed by atoms with Gasteiger partial charge in [0.25, 0.3) is 5.91 Å². The summed E-state index contributed by atoms with van der Waals surface area (Å²) in [6, 6.07) is 9.15. The Bertz CT molecular complexity index is 1320. The standard InChI is InChI=1S/C24H31N5O4S/c1-16-26-22-21(29(16)18-9-12-34(31,32)15-18)14-20(17-7-5-8-19(13-17)33-4)27-23(22)24(30)25-10-6-11-28(2)3/h5,7-8,13-14,18H,6,9-12,15H2,1-4H3,(H,25,30). The minimum absolute atomic E-state index is 0.0716. The molecular formula is C24H31N5O4S. The van der Waals surface area contributed by atoms with Gasteiger partial charge in [0.1, 0.15) is 17.1 Å². The van der Waals surface area contributed by atoms with Gasteiger partial charge in [-0.15, -0.1) is 0 Å². The number of imidazole rings is 1. The molecule has 1 unspecified atom stereocenters. The van der Waals surface area contributed by atoms with E-state index in [1.807, 2.05) is 55.9 Å². The van der Waals surface area contributed by atoms with Crippen molar-refractivity contribution in [3.63, 3.8) is 0 Å². The van der Waals surface area contributed by atoms with Crippen molar-refractivity contribution < 1.29 is 17.9 Å². The summed E-state index contributed by atoms with van der Waals surface area (Å²) in [5, 5.41) is 2.96. The molecule has 1 atom stereocenters. The lowest BCUT2D eigenvalue weighted by atomic mass is 10.1. The molecule has 10 heteroatoms. The average Bonchev–Trinajstić information content (AvgIpc) is 3.33. The topological polar surface area (TPSA) is 106 Å². The first-order valence-electron chi connectivity index (χ1n) is 11.4. The summed E-state index contributed by atoms with van der Waals surface area (Å²) in [7, 11) is 2.49. The number of sulfone groups is 1. The van der Waals surface area contributed by atoms with E-state index in [1.54, 1.807) is 7.11 Å². The van der Waals surface area contributed by atoms with Crippen LogP contribution in [-0.4, -0.2) is 79.6 Å². The first-order valence-corrected chi connectivity index (χ1v) is 13.2. The van der Waals surface area contributed by atoms with E-state index in [2.05, 4.69) is 15.2 Å². The molecule has 34 heavy (non-hydrogen) atoms. The van der Waals surface area contributed by atoms with Crippen molar-refractivity contribution >= 4 is 26.8 Å². The maximum absolute atomic E-state index is 13.2. The van der Waals surface area contributed by atoms with Crippen LogP contribution in [0.25, 0.3) is 22.3 Å². The Morgan fingerprint density at radius 2 is 2.06 bits per heavy atom. The van der Waals surface area contributed by atoms with Crippen LogP contribution >= 0.6 is 0 Å². The SMILES string of the molecule is COc1cccc(-c2cc3c(nc(C)n3C3CCS(=O)(=O)C3)c(C(=O)NCCCN(C)C)n2)c1. The third-order valence-electron chi connectivity index (χ3n) is 6.08. The molecule has 1 amide bonds. The lowest BCUT2D eigenvalue weighted by Gasteiger charge is -2.15. The van der Waals surface area contributed by atoms with E-state index in [0.717, 1.165) is 18.5 Å². The number of nitrogens with zero attached hydrogens (tertiary/aromatic N) is 4. The van der Waals surface area contributed by atoms with Crippen molar-refractivity contribution in [1.82, 2.24) is 24.8 Å². The van der Waals surface area contributed by atoms with E-state index in [4.69, 9.17) is 9.72 Å². The quantitative estimate of drug-likeness (QED) is 0.489. The van der Waals surface area contributed by atoms with Crippen molar-refractivity contribution in [2.75, 3.05) is 45.8 Å². The highest BCUT2D eigenvalue weighted by molar-refractivity contribution is 7.91. The molecule has 1 aromatic carbocycles. The van der Waals surface area contributed by atoms with E-state index < -0.39 is 9.84 Å². The van der Waals surface area contributed by atoms with E-state index in [9.17, 15) is 13.2 Å². The number of aryl methyl sites for hydroxylation is 1. The monoisotopic (exact) mass is 485 g/mol. The number of methoxy groups -OCH3 is 1. The number of fused-ring (bicyclic) bond motifs is 1. The second-order valence-corrected chi connectivity index (χ2v) is 11.2. The summed E-state index contributed by atoms with van der Waals surface area (Å²) in [6.07, 6.45) is 1.34. The van der Waals surface area contributed by atoms with E-state index in [1.165, 1.54) is 0 Å². The highest BCUT2D eigenvalue weighted by Crippen LogP contribution is 2.33. The molecular weight excluding hydrogens is 454 g/mol. The predicted molar refractivity (Wildman–Crippen MR) is 132 cm³/mol. The fourth-order valence-electron chi connectivity index (χ4n) is 4.42. The third-order valence-corrected chi connectivity index (χ3v) is 7.83. The van der Waals surface area contributed by atoms with Crippen molar-refractivity contribution in [1.29, 1.82) is 0 Å². The van der Waals surface area contributed by atoms with Gasteiger partial charge in [0.15, 0.2) is 15.5 Å². The first-order chi connectivity index (χ1) is 16.2. The van der Waals surface area contributed by atoms with Gasteiger partial charge in [0.2, 0.25) is 0 Å². The molecule has 182 valence electrons. The Labute approximate surface area is 200 Å². The molecule has 0 aliphatic carbocycles. The van der Waals surface area contributed by atoms with Gasteiger partial charge in [0, 0.05) is 12.1 Å². The summed E-state index contributed by atoms with van der Waals surface area (Å²) in [5.74, 6) is 1.28. The number of benzene rings is 1. The molecule has 9 nitrogen and oxygen atoms in total. The van der Waals surface area contributed by atoms with Gasteiger partial charge in [-0.2, -0.15) is 0 Å². The molecule has 0 spiro atoms. The summed E-state index contributed by atoms with van der Waals surface area (Å²) >= 11 is 0. The summed E-state index contributed by atoms with van der Waals surface area (Å²) in [4.78, 5) is 24.6. The molecule has 2 aromatic heterocycles. The number of hydrogen-bond acceptors (Lipinski definition) is 7. The molecule has 3 heterocycles. The molecule has 0 bridgehead atoms. The molecule has 1 aliphatic rings. The number of carbonyl (C=O) groups excluding carboxylic acids is 1. The minimum atomic E-state index is -3.09. The van der Waals surface area contributed by atoms with Crippen molar-refractivity contribution in [3.8, 4) is 17.0 Å². The molecule has 4 rings (SSSR count). The van der Waals surface area contributed by atoms with Gasteiger partial charge in [0.05, 0.1) is 35.9 Å². The molecule has 1 N–H and O–H groups in total. The Morgan fingerprint density at radius 1 is 1.26 bits per heavy atom. The number of aromatic nitrogens is 3. The molecule has 0 saturated carbocycles. The Morgan fingerprint density at radius 3 is 2.74 bits per heavy atom. The van der Waals surface area contributed by atoms with Gasteiger partial charge >= 0.3 is 0 Å². The second-order valence-electron chi connectivity index (χ2n) is 8.95. The Kier molecular flexibility index (Phi) is 6.90. The van der Waals surface area contributed by atoms with E-state index in [0.29, 0.717) is 41.3 Å². The maximum atomic E-state index is 13.2. The summed E-state index contributed by atoms with van der Waals surface area (Å²) in [5.41, 5.74) is 2.84. The third kappa shape index (κ3) is 5.07. The summed E-state index contributed by atoms with van der Waals surface area (Å²) < 4.78 is 31.7. The van der Waals surface area contributed by atoms with E-state index in [-0.39, 0.29) is 29.1 Å². The fraction of sp³-hybridized carbons (Fsp3) is 0.458. The second kappa shape index (κ2) is 9.71. The smallest absolute Gasteiger partial charge is 0.272 e. The zero-order valence-electron chi connectivity index (χ0n) is 20.0. The Balaban J connectivity index is 1.81. The zero-order valence-corrected chi connectivity index (χ0v) is 20.9. The maximum Gasteiger partial charge on any atom is 0.272 e. The lowest BCUT2D eigenvalue weighted by molar-refractivity contribution is 0.0949. The number of carbonyl (C=O) groups is 1. The van der Waals surface area contributed by atoms with Crippen LogP contribution in [0.5, 0.6) is 5.75 Å². The average molecular weight is 486 g/mol.